The molecule has 0 aromatic rings. The lowest BCUT2D eigenvalue weighted by Gasteiger charge is -2.12. The first-order valence-electron chi connectivity index (χ1n) is 5.85. The van der Waals surface area contributed by atoms with E-state index in [4.69, 9.17) is 4.74 Å². The molecule has 3 nitrogen and oxygen atoms in total. The molecule has 0 heterocycles. The van der Waals surface area contributed by atoms with Crippen molar-refractivity contribution >= 4 is 5.91 Å². The molecule has 0 atom stereocenters. The summed E-state index contributed by atoms with van der Waals surface area (Å²) in [4.78, 5) is 11.2. The highest BCUT2D eigenvalue weighted by molar-refractivity contribution is 5.77. The molecule has 0 bridgehead atoms. The molecule has 15 heavy (non-hydrogen) atoms. The average molecular weight is 211 g/mol. The van der Waals surface area contributed by atoms with Gasteiger partial charge in [-0.05, 0) is 39.0 Å². The number of rotatable bonds is 6. The third-order valence-electron chi connectivity index (χ3n) is 2.59. The van der Waals surface area contributed by atoms with E-state index in [1.807, 2.05) is 6.92 Å². The second-order valence-electron chi connectivity index (χ2n) is 3.85. The summed E-state index contributed by atoms with van der Waals surface area (Å²) in [6.45, 7) is 3.42. The molecule has 3 heteroatoms. The van der Waals surface area contributed by atoms with Crippen LogP contribution in [0.1, 0.15) is 39.0 Å². The largest absolute Gasteiger partial charge is 0.372 e. The second-order valence-corrected chi connectivity index (χ2v) is 3.85. The minimum atomic E-state index is -0.00624. The zero-order valence-corrected chi connectivity index (χ0v) is 9.55. The molecular weight excluding hydrogens is 190 g/mol. The maximum absolute atomic E-state index is 11.2. The zero-order chi connectivity index (χ0) is 10.9. The first-order valence-corrected chi connectivity index (χ1v) is 5.85. The Bertz CT molecular complexity index is 224. The molecule has 86 valence electrons. The molecule has 0 aliphatic heterocycles. The highest BCUT2D eigenvalue weighted by Crippen LogP contribution is 2.19. The molecule has 0 radical (unpaired) electrons. The Kier molecular flexibility index (Phi) is 6.09. The van der Waals surface area contributed by atoms with Crippen molar-refractivity contribution in [3.05, 3.63) is 11.6 Å². The van der Waals surface area contributed by atoms with Crippen molar-refractivity contribution in [1.29, 1.82) is 0 Å². The Morgan fingerprint density at radius 1 is 1.53 bits per heavy atom. The number of allylic oxidation sites excluding steroid dienone is 1. The van der Waals surface area contributed by atoms with Crippen molar-refractivity contribution in [2.45, 2.75) is 39.0 Å². The van der Waals surface area contributed by atoms with Gasteiger partial charge < -0.3 is 10.1 Å². The number of ether oxygens (including phenoxy) is 1. The van der Waals surface area contributed by atoms with Gasteiger partial charge in [0.1, 0.15) is 6.61 Å². The second kappa shape index (κ2) is 7.46. The molecule has 0 spiro atoms. The summed E-state index contributed by atoms with van der Waals surface area (Å²) in [6.07, 6.45) is 8.36. The Morgan fingerprint density at radius 3 is 3.07 bits per heavy atom. The first-order chi connectivity index (χ1) is 7.33. The van der Waals surface area contributed by atoms with Gasteiger partial charge in [-0.1, -0.05) is 11.6 Å². The van der Waals surface area contributed by atoms with E-state index in [1.165, 1.54) is 31.3 Å². The SMILES string of the molecule is CCOCC(=O)NCCC1=CCCCC1. The van der Waals surface area contributed by atoms with E-state index in [0.29, 0.717) is 6.61 Å². The fourth-order valence-electron chi connectivity index (χ4n) is 1.74. The van der Waals surface area contributed by atoms with Crippen LogP contribution in [-0.4, -0.2) is 25.7 Å². The third kappa shape index (κ3) is 5.57. The van der Waals surface area contributed by atoms with Crippen molar-refractivity contribution < 1.29 is 9.53 Å². The lowest BCUT2D eigenvalue weighted by atomic mass is 9.97. The van der Waals surface area contributed by atoms with Crippen LogP contribution in [-0.2, 0) is 9.53 Å². The minimum absolute atomic E-state index is 0.00624. The number of carbonyl (C=O) groups is 1. The Morgan fingerprint density at radius 2 is 2.40 bits per heavy atom. The molecule has 0 aromatic heterocycles. The number of carbonyl (C=O) groups excluding carboxylic acids is 1. The summed E-state index contributed by atoms with van der Waals surface area (Å²) in [5.41, 5.74) is 1.50. The quantitative estimate of drug-likeness (QED) is 0.683. The number of nitrogens with one attached hydrogen (secondary N) is 1. The predicted octanol–water partition coefficient (Wildman–Crippen LogP) is 2.03. The van der Waals surface area contributed by atoms with Crippen molar-refractivity contribution in [3.63, 3.8) is 0 Å². The Balaban J connectivity index is 2.04. The van der Waals surface area contributed by atoms with Gasteiger partial charge in [0.2, 0.25) is 5.91 Å². The number of amides is 1. The lowest BCUT2D eigenvalue weighted by Crippen LogP contribution is -2.28. The van der Waals surface area contributed by atoms with Crippen LogP contribution in [0, 0.1) is 0 Å². The van der Waals surface area contributed by atoms with Crippen LogP contribution in [0.15, 0.2) is 11.6 Å². The van der Waals surface area contributed by atoms with Crippen LogP contribution in [0.4, 0.5) is 0 Å². The van der Waals surface area contributed by atoms with E-state index < -0.39 is 0 Å². The van der Waals surface area contributed by atoms with Crippen LogP contribution in [0.3, 0.4) is 0 Å². The minimum Gasteiger partial charge on any atom is -0.372 e. The van der Waals surface area contributed by atoms with Crippen molar-refractivity contribution in [3.8, 4) is 0 Å². The molecule has 1 amide bonds. The summed E-state index contributed by atoms with van der Waals surface area (Å²) in [7, 11) is 0. The van der Waals surface area contributed by atoms with Gasteiger partial charge in [-0.25, -0.2) is 0 Å². The predicted molar refractivity (Wildman–Crippen MR) is 60.7 cm³/mol. The van der Waals surface area contributed by atoms with Crippen molar-refractivity contribution in [1.82, 2.24) is 5.32 Å². The number of hydrogen-bond acceptors (Lipinski definition) is 2. The van der Waals surface area contributed by atoms with E-state index in [0.717, 1.165) is 13.0 Å². The average Bonchev–Trinajstić information content (AvgIpc) is 2.28. The van der Waals surface area contributed by atoms with Gasteiger partial charge in [-0.2, -0.15) is 0 Å². The fourth-order valence-corrected chi connectivity index (χ4v) is 1.74. The number of hydrogen-bond donors (Lipinski definition) is 1. The van der Waals surface area contributed by atoms with Gasteiger partial charge >= 0.3 is 0 Å². The van der Waals surface area contributed by atoms with Gasteiger partial charge in [-0.15, -0.1) is 0 Å². The van der Waals surface area contributed by atoms with Crippen LogP contribution in [0.5, 0.6) is 0 Å². The monoisotopic (exact) mass is 211 g/mol. The molecule has 0 fully saturated rings. The normalized spacial score (nSPS) is 15.9. The smallest absolute Gasteiger partial charge is 0.246 e. The van der Waals surface area contributed by atoms with Crippen molar-refractivity contribution in [2.75, 3.05) is 19.8 Å². The van der Waals surface area contributed by atoms with E-state index >= 15 is 0 Å². The van der Waals surface area contributed by atoms with Gasteiger partial charge in [-0.3, -0.25) is 4.79 Å². The third-order valence-corrected chi connectivity index (χ3v) is 2.59. The lowest BCUT2D eigenvalue weighted by molar-refractivity contribution is -0.125. The Hall–Kier alpha value is -0.830. The van der Waals surface area contributed by atoms with Crippen LogP contribution in [0.25, 0.3) is 0 Å². The standard InChI is InChI=1S/C12H21NO2/c1-2-15-10-12(14)13-9-8-11-6-4-3-5-7-11/h6H,2-5,7-10H2,1H3,(H,13,14). The van der Waals surface area contributed by atoms with Gasteiger partial charge in [0, 0.05) is 13.2 Å². The van der Waals surface area contributed by atoms with E-state index in [-0.39, 0.29) is 12.5 Å². The van der Waals surface area contributed by atoms with Crippen LogP contribution >= 0.6 is 0 Å². The van der Waals surface area contributed by atoms with Gasteiger partial charge in [0.15, 0.2) is 0 Å². The molecule has 1 rings (SSSR count). The molecule has 0 saturated heterocycles. The molecule has 0 saturated carbocycles. The maximum Gasteiger partial charge on any atom is 0.246 e. The summed E-state index contributed by atoms with van der Waals surface area (Å²) in [5.74, 6) is -0.00624. The first kappa shape index (κ1) is 12.2. The topological polar surface area (TPSA) is 38.3 Å². The van der Waals surface area contributed by atoms with E-state index in [2.05, 4.69) is 11.4 Å². The van der Waals surface area contributed by atoms with E-state index in [1.54, 1.807) is 0 Å². The molecule has 1 aliphatic carbocycles. The Labute approximate surface area is 91.9 Å². The highest BCUT2D eigenvalue weighted by atomic mass is 16.5. The van der Waals surface area contributed by atoms with Crippen LogP contribution < -0.4 is 5.32 Å². The molecule has 1 aliphatic rings. The zero-order valence-electron chi connectivity index (χ0n) is 9.55. The molecule has 0 aromatic carbocycles. The van der Waals surface area contributed by atoms with Gasteiger partial charge in [0.05, 0.1) is 0 Å². The van der Waals surface area contributed by atoms with Crippen LogP contribution in [0.2, 0.25) is 0 Å². The molecule has 0 unspecified atom stereocenters. The highest BCUT2D eigenvalue weighted by Gasteiger charge is 2.04. The molecular formula is C12H21NO2. The molecule has 1 N–H and O–H groups in total. The summed E-state index contributed by atoms with van der Waals surface area (Å²) in [5, 5.41) is 2.86. The summed E-state index contributed by atoms with van der Waals surface area (Å²) >= 11 is 0. The van der Waals surface area contributed by atoms with Crippen molar-refractivity contribution in [2.24, 2.45) is 0 Å². The summed E-state index contributed by atoms with van der Waals surface area (Å²) < 4.78 is 5.01. The van der Waals surface area contributed by atoms with E-state index in [9.17, 15) is 4.79 Å². The maximum atomic E-state index is 11.2. The van der Waals surface area contributed by atoms with Gasteiger partial charge in [0.25, 0.3) is 0 Å². The fraction of sp³-hybridized carbons (Fsp3) is 0.750. The summed E-state index contributed by atoms with van der Waals surface area (Å²) in [6, 6.07) is 0.